The van der Waals surface area contributed by atoms with Gasteiger partial charge in [-0.25, -0.2) is 0 Å². The first kappa shape index (κ1) is 23.7. The summed E-state index contributed by atoms with van der Waals surface area (Å²) in [6, 6.07) is 5.27. The molecule has 0 unspecified atom stereocenters. The van der Waals surface area contributed by atoms with Gasteiger partial charge in [-0.3, -0.25) is 9.59 Å². The van der Waals surface area contributed by atoms with Crippen LogP contribution in [0.2, 0.25) is 0 Å². The second-order valence-corrected chi connectivity index (χ2v) is 8.14. The molecule has 3 rings (SSSR count). The zero-order valence-corrected chi connectivity index (χ0v) is 18.9. The summed E-state index contributed by atoms with van der Waals surface area (Å²) in [6.45, 7) is 9.09. The number of phenols is 3. The van der Waals surface area contributed by atoms with Gasteiger partial charge in [0.15, 0.2) is 5.78 Å². The third-order valence-corrected chi connectivity index (χ3v) is 5.16. The van der Waals surface area contributed by atoms with E-state index in [1.165, 1.54) is 32.2 Å². The fourth-order valence-corrected chi connectivity index (χ4v) is 3.38. The number of benzene rings is 2. The minimum absolute atomic E-state index is 0.0186. The largest absolute Gasteiger partial charge is 0.508 e. The minimum Gasteiger partial charge on any atom is -0.508 e. The molecule has 2 aromatic carbocycles. The van der Waals surface area contributed by atoms with Crippen LogP contribution in [-0.4, -0.2) is 28.2 Å². The van der Waals surface area contributed by atoms with Crippen molar-refractivity contribution in [1.82, 2.24) is 0 Å². The minimum atomic E-state index is -0.618. The van der Waals surface area contributed by atoms with E-state index in [1.807, 2.05) is 19.9 Å². The molecule has 7 nitrogen and oxygen atoms in total. The van der Waals surface area contributed by atoms with Crippen LogP contribution in [0, 0.1) is 5.92 Å². The van der Waals surface area contributed by atoms with Crippen molar-refractivity contribution in [1.29, 1.82) is 0 Å². The van der Waals surface area contributed by atoms with Crippen LogP contribution in [0.15, 0.2) is 51.7 Å². The van der Waals surface area contributed by atoms with E-state index in [9.17, 15) is 24.9 Å². The molecule has 3 N–H and O–H groups in total. The maximum Gasteiger partial charge on any atom is 0.200 e. The zero-order chi connectivity index (χ0) is 24.4. The Morgan fingerprint density at radius 1 is 1.21 bits per heavy atom. The average Bonchev–Trinajstić information content (AvgIpc) is 2.74. The fourth-order valence-electron chi connectivity index (χ4n) is 3.38. The van der Waals surface area contributed by atoms with Gasteiger partial charge >= 0.3 is 0 Å². The first-order valence-corrected chi connectivity index (χ1v) is 10.3. The van der Waals surface area contributed by atoms with E-state index in [1.54, 1.807) is 6.08 Å². The quantitative estimate of drug-likeness (QED) is 0.436. The molecular formula is C26H26O7. The van der Waals surface area contributed by atoms with E-state index < -0.39 is 11.2 Å². The topological polar surface area (TPSA) is 117 Å². The first-order valence-electron chi connectivity index (χ1n) is 10.3. The third kappa shape index (κ3) is 4.62. The number of rotatable bonds is 7. The number of hydrogen-bond donors (Lipinski definition) is 3. The Morgan fingerprint density at radius 3 is 2.48 bits per heavy atom. The van der Waals surface area contributed by atoms with E-state index in [4.69, 9.17) is 9.15 Å². The number of allylic oxidation sites excluding steroid dienone is 2. The lowest BCUT2D eigenvalue weighted by atomic mass is 9.96. The van der Waals surface area contributed by atoms with Gasteiger partial charge in [0.25, 0.3) is 0 Å². The molecule has 172 valence electrons. The standard InChI is InChI=1S/C26H26O7/c1-13(2)6-8-17-21(32-5)12-22-23(24(17)30)25(31)18(11-19(28)14(3)4)26(33-22)16-9-7-15(27)10-20(16)29/h6-10,12-13,27,29-30H,3,11H2,1-2,4-5H3/b8-6+. The number of carbonyl (C=O) groups is 1. The lowest BCUT2D eigenvalue weighted by Gasteiger charge is -2.15. The molecule has 0 radical (unpaired) electrons. The van der Waals surface area contributed by atoms with Gasteiger partial charge in [-0.15, -0.1) is 0 Å². The summed E-state index contributed by atoms with van der Waals surface area (Å²) in [5.74, 6) is -0.827. The first-order chi connectivity index (χ1) is 15.5. The highest BCUT2D eigenvalue weighted by atomic mass is 16.5. The molecule has 0 amide bonds. The Kier molecular flexibility index (Phi) is 6.62. The number of ketones is 1. The van der Waals surface area contributed by atoms with Crippen molar-refractivity contribution in [2.75, 3.05) is 7.11 Å². The van der Waals surface area contributed by atoms with Crippen molar-refractivity contribution in [2.24, 2.45) is 5.92 Å². The van der Waals surface area contributed by atoms with Crippen LogP contribution in [0.3, 0.4) is 0 Å². The molecule has 7 heteroatoms. The molecule has 3 aromatic rings. The van der Waals surface area contributed by atoms with Gasteiger partial charge in [-0.2, -0.15) is 0 Å². The molecule has 33 heavy (non-hydrogen) atoms. The van der Waals surface area contributed by atoms with Crippen molar-refractivity contribution in [3.63, 3.8) is 0 Å². The van der Waals surface area contributed by atoms with E-state index in [0.717, 1.165) is 6.07 Å². The zero-order valence-electron chi connectivity index (χ0n) is 18.9. The number of Topliss-reactive ketones (excluding diaryl/α,β-unsaturated/α-hetero) is 1. The Labute approximate surface area is 190 Å². The summed E-state index contributed by atoms with van der Waals surface area (Å²) < 4.78 is 11.4. The summed E-state index contributed by atoms with van der Waals surface area (Å²) >= 11 is 0. The SMILES string of the molecule is C=C(C)C(=O)Cc1c(-c2ccc(O)cc2O)oc2cc(OC)c(/C=C/C(C)C)c(O)c2c1=O. The molecule has 0 atom stereocenters. The van der Waals surface area contributed by atoms with Crippen LogP contribution in [0.25, 0.3) is 28.4 Å². The van der Waals surface area contributed by atoms with Gasteiger partial charge in [-0.1, -0.05) is 32.6 Å². The van der Waals surface area contributed by atoms with Crippen molar-refractivity contribution in [3.8, 4) is 34.3 Å². The van der Waals surface area contributed by atoms with Gasteiger partial charge in [0.05, 0.1) is 23.8 Å². The summed E-state index contributed by atoms with van der Waals surface area (Å²) in [6.07, 6.45) is 3.17. The van der Waals surface area contributed by atoms with Crippen LogP contribution in [-0.2, 0) is 11.2 Å². The van der Waals surface area contributed by atoms with Crippen molar-refractivity contribution < 1.29 is 29.3 Å². The molecule has 0 fully saturated rings. The molecule has 0 aliphatic carbocycles. The molecule has 0 saturated carbocycles. The lowest BCUT2D eigenvalue weighted by molar-refractivity contribution is -0.114. The highest BCUT2D eigenvalue weighted by Gasteiger charge is 2.25. The van der Waals surface area contributed by atoms with E-state index in [-0.39, 0.29) is 68.8 Å². The van der Waals surface area contributed by atoms with Crippen LogP contribution in [0.1, 0.15) is 31.9 Å². The fraction of sp³-hybridized carbons (Fsp3) is 0.231. The van der Waals surface area contributed by atoms with Crippen LogP contribution in [0.4, 0.5) is 0 Å². The number of phenolic OH excluding ortho intramolecular Hbond substituents is 3. The van der Waals surface area contributed by atoms with Gasteiger partial charge in [0, 0.05) is 18.6 Å². The van der Waals surface area contributed by atoms with Crippen molar-refractivity contribution >= 4 is 22.8 Å². The highest BCUT2D eigenvalue weighted by molar-refractivity contribution is 5.98. The van der Waals surface area contributed by atoms with Crippen LogP contribution >= 0.6 is 0 Å². The maximum atomic E-state index is 13.6. The summed E-state index contributed by atoms with van der Waals surface area (Å²) in [5.41, 5.74) is 0.0188. The van der Waals surface area contributed by atoms with Crippen LogP contribution in [0.5, 0.6) is 23.0 Å². The van der Waals surface area contributed by atoms with Crippen LogP contribution < -0.4 is 10.2 Å². The van der Waals surface area contributed by atoms with Gasteiger partial charge in [0.1, 0.15) is 39.7 Å². The molecule has 1 heterocycles. The van der Waals surface area contributed by atoms with Gasteiger partial charge in [-0.05, 0) is 30.5 Å². The van der Waals surface area contributed by atoms with Gasteiger partial charge in [0.2, 0.25) is 5.43 Å². The highest BCUT2D eigenvalue weighted by Crippen LogP contribution is 2.40. The van der Waals surface area contributed by atoms with E-state index in [2.05, 4.69) is 6.58 Å². The summed E-state index contributed by atoms with van der Waals surface area (Å²) in [4.78, 5) is 26.0. The second-order valence-electron chi connectivity index (χ2n) is 8.14. The van der Waals surface area contributed by atoms with E-state index >= 15 is 0 Å². The van der Waals surface area contributed by atoms with Crippen molar-refractivity contribution in [2.45, 2.75) is 27.2 Å². The Hall–Kier alpha value is -4.00. The number of hydrogen-bond acceptors (Lipinski definition) is 7. The average molecular weight is 450 g/mol. The predicted octanol–water partition coefficient (Wildman–Crippen LogP) is 4.94. The predicted molar refractivity (Wildman–Crippen MR) is 127 cm³/mol. The maximum absolute atomic E-state index is 13.6. The third-order valence-electron chi connectivity index (χ3n) is 5.16. The Bertz CT molecular complexity index is 1340. The normalized spacial score (nSPS) is 11.4. The molecule has 0 bridgehead atoms. The molecule has 0 aliphatic rings. The van der Waals surface area contributed by atoms with E-state index in [0.29, 0.717) is 5.56 Å². The number of ether oxygens (including phenoxy) is 1. The molecular weight excluding hydrogens is 424 g/mol. The monoisotopic (exact) mass is 450 g/mol. The summed E-state index contributed by atoms with van der Waals surface area (Å²) in [5, 5.41) is 30.9. The lowest BCUT2D eigenvalue weighted by Crippen LogP contribution is -2.16. The Morgan fingerprint density at radius 2 is 1.91 bits per heavy atom. The number of aromatic hydroxyl groups is 3. The Balaban J connectivity index is 2.43. The molecule has 0 spiro atoms. The molecule has 0 saturated heterocycles. The number of carbonyl (C=O) groups excluding carboxylic acids is 1. The smallest absolute Gasteiger partial charge is 0.200 e. The number of methoxy groups -OCH3 is 1. The second kappa shape index (κ2) is 9.24. The number of fused-ring (bicyclic) bond motifs is 1. The molecule has 1 aromatic heterocycles. The summed E-state index contributed by atoms with van der Waals surface area (Å²) in [7, 11) is 1.43. The van der Waals surface area contributed by atoms with Crippen molar-refractivity contribution in [3.05, 3.63) is 63.8 Å². The molecule has 0 aliphatic heterocycles. The van der Waals surface area contributed by atoms with Gasteiger partial charge < -0.3 is 24.5 Å².